The fourth-order valence-corrected chi connectivity index (χ4v) is 5.44. The predicted octanol–water partition coefficient (Wildman–Crippen LogP) is 5.72. The molecule has 3 amide bonds. The number of nitrogens with two attached hydrogens (primary N) is 1. The highest BCUT2D eigenvalue weighted by Crippen LogP contribution is 2.29. The minimum atomic E-state index is -4.34. The van der Waals surface area contributed by atoms with Gasteiger partial charge in [0.1, 0.15) is 12.4 Å². The molecule has 2 unspecified atom stereocenters. The van der Waals surface area contributed by atoms with Crippen molar-refractivity contribution in [3.8, 4) is 5.75 Å². The van der Waals surface area contributed by atoms with Gasteiger partial charge >= 0.3 is 12.1 Å². The van der Waals surface area contributed by atoms with Crippen LogP contribution in [0.4, 0.5) is 9.59 Å². The van der Waals surface area contributed by atoms with Crippen LogP contribution in [0.1, 0.15) is 48.8 Å². The van der Waals surface area contributed by atoms with Crippen molar-refractivity contribution < 1.29 is 27.5 Å². The van der Waals surface area contributed by atoms with Crippen molar-refractivity contribution in [2.24, 2.45) is 11.1 Å². The Bertz CT molecular complexity index is 1350. The number of hydrogen-bond acceptors (Lipinski definition) is 6. The second kappa shape index (κ2) is 15.2. The van der Waals surface area contributed by atoms with Crippen LogP contribution >= 0.6 is 0 Å². The van der Waals surface area contributed by atoms with Crippen molar-refractivity contribution >= 4 is 22.1 Å². The lowest BCUT2D eigenvalue weighted by atomic mass is 10.1. The van der Waals surface area contributed by atoms with Crippen molar-refractivity contribution in [2.45, 2.75) is 45.1 Å². The summed E-state index contributed by atoms with van der Waals surface area (Å²) in [5.74, 6) is 0.468. The number of primary sulfonamides is 1. The van der Waals surface area contributed by atoms with E-state index in [9.17, 15) is 18.0 Å². The molecule has 2 atom stereocenters. The first-order chi connectivity index (χ1) is 19.6. The molecule has 0 bridgehead atoms. The van der Waals surface area contributed by atoms with E-state index in [0.29, 0.717) is 25.0 Å². The Morgan fingerprint density at radius 3 is 2.02 bits per heavy atom. The first kappa shape index (κ1) is 31.6. The third-order valence-electron chi connectivity index (χ3n) is 6.80. The van der Waals surface area contributed by atoms with E-state index >= 15 is 0 Å². The molecule has 3 rings (SSSR count). The van der Waals surface area contributed by atoms with Gasteiger partial charge in [0.05, 0.1) is 7.11 Å². The summed E-state index contributed by atoms with van der Waals surface area (Å²) in [4.78, 5) is 29.7. The molecule has 3 aromatic carbocycles. The second-order valence-electron chi connectivity index (χ2n) is 9.94. The van der Waals surface area contributed by atoms with Crippen molar-refractivity contribution in [1.82, 2.24) is 9.80 Å². The highest BCUT2D eigenvalue weighted by atomic mass is 32.2. The number of hydrogen-bond donors (Lipinski definition) is 1. The van der Waals surface area contributed by atoms with Gasteiger partial charge in [-0.25, -0.2) is 28.0 Å². The first-order valence-corrected chi connectivity index (χ1v) is 15.2. The summed E-state index contributed by atoms with van der Waals surface area (Å²) in [6.45, 7) is 3.91. The van der Waals surface area contributed by atoms with Crippen LogP contribution in [0.2, 0.25) is 0 Å². The van der Waals surface area contributed by atoms with E-state index in [1.54, 1.807) is 24.3 Å². The zero-order chi connectivity index (χ0) is 29.8. The fourth-order valence-electron chi connectivity index (χ4n) is 4.35. The molecule has 220 valence electrons. The SMILES string of the molecule is CCC(C)CN(C(=O)OCc1ccccc1)C(=O)N(CCCc1ccccc1)C(c1ccc(OC)cc1)S(N)(=O)=O. The Morgan fingerprint density at radius 1 is 0.902 bits per heavy atom. The van der Waals surface area contributed by atoms with Crippen LogP contribution < -0.4 is 9.88 Å². The molecule has 0 fully saturated rings. The minimum absolute atomic E-state index is 0.0316. The van der Waals surface area contributed by atoms with Crippen molar-refractivity contribution in [3.05, 3.63) is 102 Å². The van der Waals surface area contributed by atoms with Crippen LogP contribution in [0.25, 0.3) is 0 Å². The summed E-state index contributed by atoms with van der Waals surface area (Å²) in [5, 5.41) is 4.22. The number of aryl methyl sites for hydroxylation is 1. The third kappa shape index (κ3) is 9.33. The summed E-state index contributed by atoms with van der Waals surface area (Å²) < 4.78 is 36.9. The molecule has 0 heterocycles. The topological polar surface area (TPSA) is 119 Å². The van der Waals surface area contributed by atoms with Crippen LogP contribution in [-0.2, 0) is 27.8 Å². The zero-order valence-electron chi connectivity index (χ0n) is 23.8. The van der Waals surface area contributed by atoms with E-state index in [-0.39, 0.29) is 31.2 Å². The standard InChI is InChI=1S/C31H39N3O6S/c1-4-24(2)22-34(31(36)40-23-26-14-9-6-10-15-26)30(35)33(21-11-16-25-12-7-5-8-13-25)29(41(32,37)38)27-17-19-28(39-3)20-18-27/h5-10,12-15,17-20,24,29H,4,11,16,21-23H2,1-3H3,(H2,32,37,38). The van der Waals surface area contributed by atoms with Gasteiger partial charge in [-0.15, -0.1) is 0 Å². The highest BCUT2D eigenvalue weighted by Gasteiger charge is 2.38. The Kier molecular flexibility index (Phi) is 11.7. The van der Waals surface area contributed by atoms with E-state index in [1.807, 2.05) is 74.5 Å². The molecule has 9 nitrogen and oxygen atoms in total. The summed E-state index contributed by atoms with van der Waals surface area (Å²) in [6, 6.07) is 24.3. The number of ether oxygens (including phenoxy) is 2. The first-order valence-electron chi connectivity index (χ1n) is 13.6. The maximum atomic E-state index is 14.2. The number of sulfonamides is 1. The van der Waals surface area contributed by atoms with Gasteiger partial charge in [0, 0.05) is 13.1 Å². The molecule has 0 aliphatic rings. The Labute approximate surface area is 242 Å². The smallest absolute Gasteiger partial charge is 0.418 e. The van der Waals surface area contributed by atoms with Crippen LogP contribution in [0.5, 0.6) is 5.75 Å². The summed E-state index contributed by atoms with van der Waals surface area (Å²) in [7, 11) is -2.84. The molecule has 10 heteroatoms. The number of rotatable bonds is 13. The van der Waals surface area contributed by atoms with Gasteiger partial charge < -0.3 is 14.4 Å². The number of imide groups is 1. The molecule has 2 N–H and O–H groups in total. The van der Waals surface area contributed by atoms with Gasteiger partial charge in [0.25, 0.3) is 0 Å². The number of methoxy groups -OCH3 is 1. The van der Waals surface area contributed by atoms with Crippen LogP contribution in [0.15, 0.2) is 84.9 Å². The van der Waals surface area contributed by atoms with Gasteiger partial charge in [-0.05, 0) is 47.6 Å². The number of amides is 3. The molecule has 0 spiro atoms. The molecule has 0 aromatic heterocycles. The highest BCUT2D eigenvalue weighted by molar-refractivity contribution is 7.89. The van der Waals surface area contributed by atoms with Crippen LogP contribution in [-0.4, -0.2) is 50.5 Å². The van der Waals surface area contributed by atoms with Gasteiger partial charge in [-0.3, -0.25) is 0 Å². The van der Waals surface area contributed by atoms with Crippen molar-refractivity contribution in [2.75, 3.05) is 20.2 Å². The van der Waals surface area contributed by atoms with E-state index < -0.39 is 27.5 Å². The van der Waals surface area contributed by atoms with Gasteiger partial charge in [-0.1, -0.05) is 93.1 Å². The summed E-state index contributed by atoms with van der Waals surface area (Å²) >= 11 is 0. The van der Waals surface area contributed by atoms with Gasteiger partial charge in [0.15, 0.2) is 5.37 Å². The van der Waals surface area contributed by atoms with E-state index in [1.165, 1.54) is 7.11 Å². The van der Waals surface area contributed by atoms with Crippen LogP contribution in [0, 0.1) is 5.92 Å². The van der Waals surface area contributed by atoms with Crippen molar-refractivity contribution in [3.63, 3.8) is 0 Å². The van der Waals surface area contributed by atoms with Crippen LogP contribution in [0.3, 0.4) is 0 Å². The molecule has 0 saturated carbocycles. The number of carbonyl (C=O) groups is 2. The quantitative estimate of drug-likeness (QED) is 0.276. The number of carbonyl (C=O) groups excluding carboxylic acids is 2. The summed E-state index contributed by atoms with van der Waals surface area (Å²) in [6.07, 6.45) is 0.874. The second-order valence-corrected chi connectivity index (χ2v) is 11.6. The van der Waals surface area contributed by atoms with E-state index in [4.69, 9.17) is 14.6 Å². The van der Waals surface area contributed by atoms with E-state index in [0.717, 1.165) is 20.9 Å². The molecule has 3 aromatic rings. The van der Waals surface area contributed by atoms with Gasteiger partial charge in [-0.2, -0.15) is 0 Å². The maximum absolute atomic E-state index is 14.2. The molecule has 0 aliphatic carbocycles. The molecular weight excluding hydrogens is 542 g/mol. The molecular formula is C31H39N3O6S. The van der Waals surface area contributed by atoms with Crippen molar-refractivity contribution in [1.29, 1.82) is 0 Å². The average molecular weight is 582 g/mol. The molecule has 41 heavy (non-hydrogen) atoms. The number of urea groups is 1. The zero-order valence-corrected chi connectivity index (χ0v) is 24.6. The average Bonchev–Trinajstić information content (AvgIpc) is 2.98. The lowest BCUT2D eigenvalue weighted by Gasteiger charge is -2.35. The summed E-state index contributed by atoms with van der Waals surface area (Å²) in [5.41, 5.74) is 2.08. The third-order valence-corrected chi connectivity index (χ3v) is 7.94. The minimum Gasteiger partial charge on any atom is -0.497 e. The molecule has 0 saturated heterocycles. The normalized spacial score (nSPS) is 12.7. The Balaban J connectivity index is 1.97. The predicted molar refractivity (Wildman–Crippen MR) is 158 cm³/mol. The Morgan fingerprint density at radius 2 is 1.49 bits per heavy atom. The molecule has 0 aliphatic heterocycles. The fraction of sp³-hybridized carbons (Fsp3) is 0.355. The number of benzene rings is 3. The largest absolute Gasteiger partial charge is 0.497 e. The lowest BCUT2D eigenvalue weighted by molar-refractivity contribution is 0.0866. The van der Waals surface area contributed by atoms with Gasteiger partial charge in [0.2, 0.25) is 10.0 Å². The maximum Gasteiger partial charge on any atom is 0.418 e. The van der Waals surface area contributed by atoms with E-state index in [2.05, 4.69) is 0 Å². The lowest BCUT2D eigenvalue weighted by Crippen LogP contribution is -2.51. The molecule has 0 radical (unpaired) electrons. The number of nitrogens with zero attached hydrogens (tertiary/aromatic N) is 2. The Hall–Kier alpha value is -3.89. The monoisotopic (exact) mass is 581 g/mol.